The minimum absolute atomic E-state index is 0.205. The maximum absolute atomic E-state index is 13.1. The van der Waals surface area contributed by atoms with Gasteiger partial charge in [-0.25, -0.2) is 4.98 Å². The van der Waals surface area contributed by atoms with Crippen LogP contribution >= 0.6 is 0 Å². The number of fused-ring (bicyclic) bond motifs is 1. The lowest BCUT2D eigenvalue weighted by Gasteiger charge is -2.32. The zero-order valence-electron chi connectivity index (χ0n) is 22.0. The largest absolute Gasteiger partial charge is 0.382 e. The monoisotopic (exact) mass is 517 g/mol. The van der Waals surface area contributed by atoms with Crippen LogP contribution in [0.2, 0.25) is 0 Å². The molecule has 1 saturated heterocycles. The molecule has 3 aromatic heterocycles. The Kier molecular flexibility index (Phi) is 6.93. The van der Waals surface area contributed by atoms with E-state index in [9.17, 15) is 4.79 Å². The van der Waals surface area contributed by atoms with Gasteiger partial charge < -0.3 is 16.0 Å². The molecule has 4 aromatic rings. The molecule has 1 aromatic carbocycles. The summed E-state index contributed by atoms with van der Waals surface area (Å²) in [6.45, 7) is 5.36. The van der Waals surface area contributed by atoms with Gasteiger partial charge in [-0.15, -0.1) is 0 Å². The molecule has 1 saturated carbocycles. The first-order valence-corrected chi connectivity index (χ1v) is 13.3. The highest BCUT2D eigenvalue weighted by atomic mass is 16.1. The smallest absolute Gasteiger partial charge is 0.257 e. The normalized spacial score (nSPS) is 16.0. The summed E-state index contributed by atoms with van der Waals surface area (Å²) in [6.07, 6.45) is 8.96. The van der Waals surface area contributed by atoms with Crippen LogP contribution in [0.3, 0.4) is 0 Å². The van der Waals surface area contributed by atoms with E-state index in [4.69, 9.17) is 5.73 Å². The van der Waals surface area contributed by atoms with Crippen molar-refractivity contribution in [1.29, 1.82) is 0 Å². The molecule has 1 aliphatic heterocycles. The number of rotatable bonds is 5. The number of carbonyl (C=O) groups excluding carboxylic acids is 1. The Labute approximate surface area is 228 Å². The molecule has 4 heterocycles. The quantitative estimate of drug-likeness (QED) is 0.388. The molecule has 2 aliphatic rings. The van der Waals surface area contributed by atoms with Crippen molar-refractivity contribution < 1.29 is 4.79 Å². The van der Waals surface area contributed by atoms with Crippen LogP contribution in [0, 0.1) is 11.8 Å². The fraction of sp³-hybridized carbons (Fsp3) is 0.290. The average Bonchev–Trinajstić information content (AvgIpc) is 3.81. The van der Waals surface area contributed by atoms with Gasteiger partial charge in [0.05, 0.1) is 11.1 Å². The number of carbonyl (C=O) groups is 1. The Balaban J connectivity index is 1.18. The first-order valence-electron chi connectivity index (χ1n) is 13.3. The van der Waals surface area contributed by atoms with E-state index in [-0.39, 0.29) is 5.91 Å². The second kappa shape index (κ2) is 10.8. The van der Waals surface area contributed by atoms with Crippen LogP contribution in [-0.2, 0) is 6.54 Å². The summed E-state index contributed by atoms with van der Waals surface area (Å²) in [5, 5.41) is 3.90. The van der Waals surface area contributed by atoms with E-state index in [0.29, 0.717) is 33.9 Å². The van der Waals surface area contributed by atoms with Crippen molar-refractivity contribution in [3.63, 3.8) is 0 Å². The first-order chi connectivity index (χ1) is 19.0. The highest BCUT2D eigenvalue weighted by Gasteiger charge is 2.27. The van der Waals surface area contributed by atoms with Gasteiger partial charge in [0.25, 0.3) is 5.91 Å². The number of anilines is 2. The molecule has 0 atom stereocenters. The summed E-state index contributed by atoms with van der Waals surface area (Å²) in [7, 11) is 2.18. The van der Waals surface area contributed by atoms with Crippen LogP contribution in [0.1, 0.15) is 51.4 Å². The third-order valence-electron chi connectivity index (χ3n) is 7.43. The molecular formula is C31H31N7O. The lowest BCUT2D eigenvalue weighted by molar-refractivity contribution is 0.102. The fourth-order valence-electron chi connectivity index (χ4n) is 5.00. The molecule has 8 heteroatoms. The summed E-state index contributed by atoms with van der Waals surface area (Å²) in [5.41, 5.74) is 11.9. The van der Waals surface area contributed by atoms with Crippen molar-refractivity contribution in [2.45, 2.75) is 25.3 Å². The van der Waals surface area contributed by atoms with E-state index >= 15 is 0 Å². The number of amides is 1. The number of nitrogen functional groups attached to an aromatic ring is 1. The van der Waals surface area contributed by atoms with Crippen LogP contribution in [-0.4, -0.2) is 63.9 Å². The van der Waals surface area contributed by atoms with Crippen molar-refractivity contribution in [1.82, 2.24) is 24.8 Å². The van der Waals surface area contributed by atoms with E-state index in [1.165, 1.54) is 24.0 Å². The van der Waals surface area contributed by atoms with Gasteiger partial charge in [-0.3, -0.25) is 19.7 Å². The van der Waals surface area contributed by atoms with Crippen LogP contribution < -0.4 is 11.1 Å². The number of pyridine rings is 3. The average molecular weight is 518 g/mol. The Hall–Kier alpha value is -4.32. The minimum Gasteiger partial charge on any atom is -0.382 e. The number of hydrogen-bond donors (Lipinski definition) is 2. The van der Waals surface area contributed by atoms with E-state index in [1.807, 2.05) is 18.2 Å². The Morgan fingerprint density at radius 1 is 1.05 bits per heavy atom. The zero-order chi connectivity index (χ0) is 26.8. The van der Waals surface area contributed by atoms with Gasteiger partial charge in [0.15, 0.2) is 0 Å². The second-order valence-corrected chi connectivity index (χ2v) is 10.4. The van der Waals surface area contributed by atoms with E-state index in [0.717, 1.165) is 43.8 Å². The third-order valence-corrected chi connectivity index (χ3v) is 7.43. The molecule has 196 valence electrons. The fourth-order valence-corrected chi connectivity index (χ4v) is 5.00. The maximum atomic E-state index is 13.1. The van der Waals surface area contributed by atoms with Gasteiger partial charge >= 0.3 is 0 Å². The molecule has 0 unspecified atom stereocenters. The molecule has 2 fully saturated rings. The van der Waals surface area contributed by atoms with Crippen molar-refractivity contribution in [3.8, 4) is 11.8 Å². The van der Waals surface area contributed by atoms with Gasteiger partial charge in [0, 0.05) is 74.1 Å². The number of piperazine rings is 1. The third kappa shape index (κ3) is 5.75. The number of nitrogens with one attached hydrogen (secondary N) is 1. The summed E-state index contributed by atoms with van der Waals surface area (Å²) < 4.78 is 0. The van der Waals surface area contributed by atoms with Crippen molar-refractivity contribution in [2.75, 3.05) is 44.3 Å². The summed E-state index contributed by atoms with van der Waals surface area (Å²) >= 11 is 0. The van der Waals surface area contributed by atoms with Crippen LogP contribution in [0.15, 0.2) is 61.2 Å². The second-order valence-electron chi connectivity index (χ2n) is 10.4. The molecular weight excluding hydrogens is 486 g/mol. The minimum atomic E-state index is -0.205. The Morgan fingerprint density at radius 3 is 2.72 bits per heavy atom. The molecule has 0 bridgehead atoms. The predicted molar refractivity (Wildman–Crippen MR) is 153 cm³/mol. The zero-order valence-corrected chi connectivity index (χ0v) is 22.0. The molecule has 1 aliphatic carbocycles. The van der Waals surface area contributed by atoms with Gasteiger partial charge in [0.1, 0.15) is 11.3 Å². The highest BCUT2D eigenvalue weighted by molar-refractivity contribution is 6.04. The molecule has 6 rings (SSSR count). The van der Waals surface area contributed by atoms with Crippen molar-refractivity contribution in [2.24, 2.45) is 0 Å². The van der Waals surface area contributed by atoms with Gasteiger partial charge in [-0.1, -0.05) is 17.9 Å². The first kappa shape index (κ1) is 25.0. The van der Waals surface area contributed by atoms with Crippen LogP contribution in [0.5, 0.6) is 0 Å². The van der Waals surface area contributed by atoms with Gasteiger partial charge in [-0.05, 0) is 67.3 Å². The van der Waals surface area contributed by atoms with Crippen molar-refractivity contribution >= 4 is 28.3 Å². The maximum Gasteiger partial charge on any atom is 0.257 e. The highest BCUT2D eigenvalue weighted by Crippen LogP contribution is 2.43. The number of nitrogens with two attached hydrogens (primary N) is 1. The van der Waals surface area contributed by atoms with Gasteiger partial charge in [0.2, 0.25) is 0 Å². The standard InChI is InChI=1S/C31H31N7O/c1-37-11-13-38(14-12-37)20-24-8-9-26(16-28(24)22-6-7-22)36-31(39)25-15-21(17-33-18-25)4-5-23-19-35-30(32)29-27(23)3-2-10-34-29/h2-3,8-10,15-19,22H,6-7,11-14,20H2,1H3,(H2,32,35)(H,36,39). The van der Waals surface area contributed by atoms with E-state index in [2.05, 4.69) is 61.1 Å². The summed E-state index contributed by atoms with van der Waals surface area (Å²) in [6, 6.07) is 11.9. The SMILES string of the molecule is CN1CCN(Cc2ccc(NC(=O)c3cncc(C#Cc4cnc(N)c5ncccc45)c3)cc2C2CC2)CC1. The predicted octanol–water partition coefficient (Wildman–Crippen LogP) is 3.88. The molecule has 8 nitrogen and oxygen atoms in total. The van der Waals surface area contributed by atoms with E-state index in [1.54, 1.807) is 30.9 Å². The molecule has 3 N–H and O–H groups in total. The lowest BCUT2D eigenvalue weighted by atomic mass is 10.0. The molecule has 0 radical (unpaired) electrons. The molecule has 39 heavy (non-hydrogen) atoms. The molecule has 0 spiro atoms. The number of aromatic nitrogens is 3. The Bertz CT molecular complexity index is 1590. The number of likely N-dealkylation sites (N-methyl/N-ethyl adjacent to an activating group) is 1. The number of hydrogen-bond acceptors (Lipinski definition) is 7. The summed E-state index contributed by atoms with van der Waals surface area (Å²) in [4.78, 5) is 30.8. The van der Waals surface area contributed by atoms with E-state index < -0.39 is 0 Å². The topological polar surface area (TPSA) is 100 Å². The van der Waals surface area contributed by atoms with Gasteiger partial charge in [-0.2, -0.15) is 0 Å². The van der Waals surface area contributed by atoms with Crippen LogP contribution in [0.4, 0.5) is 11.5 Å². The van der Waals surface area contributed by atoms with Crippen LogP contribution in [0.25, 0.3) is 10.9 Å². The summed E-state index contributed by atoms with van der Waals surface area (Å²) in [5.74, 6) is 6.99. The number of benzene rings is 1. The Morgan fingerprint density at radius 2 is 1.90 bits per heavy atom. The lowest BCUT2D eigenvalue weighted by Crippen LogP contribution is -2.44. The molecule has 1 amide bonds. The number of nitrogens with zero attached hydrogens (tertiary/aromatic N) is 5. The van der Waals surface area contributed by atoms with Crippen molar-refractivity contribution in [3.05, 3.63) is 89.0 Å².